The van der Waals surface area contributed by atoms with Gasteiger partial charge in [0, 0.05) is 33.8 Å². The Morgan fingerprint density at radius 3 is 2.25 bits per heavy atom. The fraction of sp³-hybridized carbons (Fsp3) is 0.211. The fourth-order valence-electron chi connectivity index (χ4n) is 3.14. The SMILES string of the molecule is Cc1cc(C2=CC(c3cc(Cl)cc(Cl)c3)(C(F)(F)F)ON2C)ccc1C(N)=O. The van der Waals surface area contributed by atoms with Gasteiger partial charge >= 0.3 is 6.18 Å². The molecule has 1 aliphatic heterocycles. The van der Waals surface area contributed by atoms with Crippen LogP contribution in [0.15, 0.2) is 42.5 Å². The molecule has 0 bridgehead atoms. The first-order chi connectivity index (χ1) is 12.9. The number of hydroxylamine groups is 2. The van der Waals surface area contributed by atoms with Crippen LogP contribution in [0.2, 0.25) is 10.0 Å². The van der Waals surface area contributed by atoms with Crippen molar-refractivity contribution in [2.45, 2.75) is 18.7 Å². The summed E-state index contributed by atoms with van der Waals surface area (Å²) in [7, 11) is 1.36. The number of primary amides is 1. The van der Waals surface area contributed by atoms with Crippen LogP contribution in [0.1, 0.15) is 27.0 Å². The van der Waals surface area contributed by atoms with Crippen LogP contribution >= 0.6 is 23.2 Å². The Hall–Kier alpha value is -2.22. The minimum atomic E-state index is -4.79. The molecule has 1 heterocycles. The number of amides is 1. The first-order valence-corrected chi connectivity index (χ1v) is 8.80. The molecule has 1 atom stereocenters. The van der Waals surface area contributed by atoms with E-state index < -0.39 is 17.7 Å². The topological polar surface area (TPSA) is 55.6 Å². The Balaban J connectivity index is 2.18. The molecular weight excluding hydrogens is 416 g/mol. The van der Waals surface area contributed by atoms with Gasteiger partial charge in [0.15, 0.2) is 0 Å². The van der Waals surface area contributed by atoms with Gasteiger partial charge in [0.25, 0.3) is 0 Å². The quantitative estimate of drug-likeness (QED) is 0.738. The van der Waals surface area contributed by atoms with E-state index in [-0.39, 0.29) is 26.9 Å². The number of hydrogen-bond acceptors (Lipinski definition) is 3. The second kappa shape index (κ2) is 6.99. The van der Waals surface area contributed by atoms with Crippen molar-refractivity contribution < 1.29 is 22.8 Å². The number of alkyl halides is 3. The van der Waals surface area contributed by atoms with Crippen molar-refractivity contribution in [1.82, 2.24) is 5.06 Å². The molecular formula is C19H15Cl2F3N2O2. The third-order valence-corrected chi connectivity index (χ3v) is 4.90. The molecule has 2 aromatic rings. The molecule has 0 aliphatic carbocycles. The van der Waals surface area contributed by atoms with Crippen molar-refractivity contribution >= 4 is 34.8 Å². The zero-order valence-electron chi connectivity index (χ0n) is 14.8. The first kappa shape index (κ1) is 20.5. The molecule has 2 N–H and O–H groups in total. The van der Waals surface area contributed by atoms with Gasteiger partial charge in [-0.05, 0) is 48.9 Å². The summed E-state index contributed by atoms with van der Waals surface area (Å²) in [6.45, 7) is 1.65. The summed E-state index contributed by atoms with van der Waals surface area (Å²) in [6, 6.07) is 8.21. The van der Waals surface area contributed by atoms with E-state index in [9.17, 15) is 18.0 Å². The van der Waals surface area contributed by atoms with E-state index in [0.717, 1.165) is 23.3 Å². The van der Waals surface area contributed by atoms with Crippen molar-refractivity contribution in [1.29, 1.82) is 0 Å². The zero-order valence-corrected chi connectivity index (χ0v) is 16.3. The molecule has 3 rings (SSSR count). The van der Waals surface area contributed by atoms with Gasteiger partial charge in [-0.1, -0.05) is 29.3 Å². The van der Waals surface area contributed by atoms with Gasteiger partial charge in [0.2, 0.25) is 11.5 Å². The van der Waals surface area contributed by atoms with E-state index in [1.165, 1.54) is 25.2 Å². The molecule has 0 saturated heterocycles. The van der Waals surface area contributed by atoms with Crippen LogP contribution in [0.25, 0.3) is 5.70 Å². The monoisotopic (exact) mass is 430 g/mol. The molecule has 4 nitrogen and oxygen atoms in total. The molecule has 0 radical (unpaired) electrons. The van der Waals surface area contributed by atoms with E-state index in [2.05, 4.69) is 0 Å². The summed E-state index contributed by atoms with van der Waals surface area (Å²) in [6.07, 6.45) is -3.83. The Labute approximate surface area is 169 Å². The van der Waals surface area contributed by atoms with Crippen molar-refractivity contribution in [3.63, 3.8) is 0 Å². The predicted octanol–water partition coefficient (Wildman–Crippen LogP) is 5.08. The van der Waals surface area contributed by atoms with Gasteiger partial charge in [-0.2, -0.15) is 13.2 Å². The number of halogens is 5. The summed E-state index contributed by atoms with van der Waals surface area (Å²) >= 11 is 11.8. The van der Waals surface area contributed by atoms with Gasteiger partial charge in [-0.15, -0.1) is 0 Å². The maximum Gasteiger partial charge on any atom is 0.428 e. The molecule has 0 fully saturated rings. The maximum absolute atomic E-state index is 14.1. The summed E-state index contributed by atoms with van der Waals surface area (Å²) in [4.78, 5) is 16.7. The highest BCUT2D eigenvalue weighted by Gasteiger charge is 2.60. The fourth-order valence-corrected chi connectivity index (χ4v) is 3.67. The number of benzene rings is 2. The smallest absolute Gasteiger partial charge is 0.366 e. The molecule has 2 aromatic carbocycles. The van der Waals surface area contributed by atoms with E-state index in [0.29, 0.717) is 11.1 Å². The Morgan fingerprint density at radius 2 is 1.75 bits per heavy atom. The van der Waals surface area contributed by atoms with Gasteiger partial charge in [-0.3, -0.25) is 9.86 Å². The van der Waals surface area contributed by atoms with Crippen LogP contribution in [0.4, 0.5) is 13.2 Å². The molecule has 1 aliphatic rings. The Morgan fingerprint density at radius 1 is 1.14 bits per heavy atom. The standard InChI is InChI=1S/C19H15Cl2F3N2O2/c1-10-5-11(3-4-15(10)17(25)27)16-9-18(19(22,23)24,28-26(16)2)12-6-13(20)8-14(21)7-12/h3-9H,1-2H3,(H2,25,27). The largest absolute Gasteiger partial charge is 0.428 e. The van der Waals surface area contributed by atoms with E-state index >= 15 is 0 Å². The molecule has 9 heteroatoms. The van der Waals surface area contributed by atoms with Crippen LogP contribution in [0.3, 0.4) is 0 Å². The normalized spacial score (nSPS) is 19.7. The summed E-state index contributed by atoms with van der Waals surface area (Å²) in [5.74, 6) is -0.618. The third kappa shape index (κ3) is 3.45. The summed E-state index contributed by atoms with van der Waals surface area (Å²) < 4.78 is 42.4. The lowest BCUT2D eigenvalue weighted by Gasteiger charge is -2.31. The number of rotatable bonds is 3. The molecule has 1 amide bonds. The van der Waals surface area contributed by atoms with Crippen LogP contribution in [-0.2, 0) is 10.4 Å². The summed E-state index contributed by atoms with van der Waals surface area (Å²) in [5.41, 5.74) is 3.71. The van der Waals surface area contributed by atoms with Crippen molar-refractivity contribution in [2.75, 3.05) is 7.05 Å². The van der Waals surface area contributed by atoms with Gasteiger partial charge in [-0.25, -0.2) is 4.84 Å². The van der Waals surface area contributed by atoms with Gasteiger partial charge in [0.1, 0.15) is 0 Å². The summed E-state index contributed by atoms with van der Waals surface area (Å²) in [5, 5.41) is 1.14. The minimum absolute atomic E-state index is 0.0564. The lowest BCUT2D eigenvalue weighted by molar-refractivity contribution is -0.308. The number of aryl methyl sites for hydroxylation is 1. The highest BCUT2D eigenvalue weighted by atomic mass is 35.5. The first-order valence-electron chi connectivity index (χ1n) is 8.04. The Kier molecular flexibility index (Phi) is 5.12. The average Bonchev–Trinajstić information content (AvgIpc) is 2.92. The van der Waals surface area contributed by atoms with Crippen molar-refractivity contribution in [3.05, 3.63) is 74.8 Å². The molecule has 148 valence electrons. The number of carbonyl (C=O) groups excluding carboxylic acids is 1. The number of nitrogens with two attached hydrogens (primary N) is 1. The van der Waals surface area contributed by atoms with Crippen LogP contribution in [0, 0.1) is 6.92 Å². The molecule has 0 saturated carbocycles. The van der Waals surface area contributed by atoms with Gasteiger partial charge < -0.3 is 5.73 Å². The van der Waals surface area contributed by atoms with E-state index in [1.807, 2.05) is 0 Å². The molecule has 1 unspecified atom stereocenters. The second-order valence-corrected chi connectivity index (χ2v) is 7.28. The number of hydrogen-bond donors (Lipinski definition) is 1. The highest BCUT2D eigenvalue weighted by molar-refractivity contribution is 6.34. The van der Waals surface area contributed by atoms with Gasteiger partial charge in [0.05, 0.1) is 5.70 Å². The molecule has 0 aromatic heterocycles. The second-order valence-electron chi connectivity index (χ2n) is 6.40. The maximum atomic E-state index is 14.1. The van der Waals surface area contributed by atoms with Crippen molar-refractivity contribution in [2.24, 2.45) is 5.73 Å². The minimum Gasteiger partial charge on any atom is -0.366 e. The van der Waals surface area contributed by atoms with Crippen LogP contribution in [-0.4, -0.2) is 24.2 Å². The number of carbonyl (C=O) groups is 1. The highest BCUT2D eigenvalue weighted by Crippen LogP contribution is 2.50. The van der Waals surface area contributed by atoms with Crippen LogP contribution in [0.5, 0.6) is 0 Å². The predicted molar refractivity (Wildman–Crippen MR) is 101 cm³/mol. The third-order valence-electron chi connectivity index (χ3n) is 4.46. The molecule has 0 spiro atoms. The molecule has 28 heavy (non-hydrogen) atoms. The van der Waals surface area contributed by atoms with E-state index in [4.69, 9.17) is 33.8 Å². The Bertz CT molecular complexity index is 971. The lowest BCUT2D eigenvalue weighted by Crippen LogP contribution is -2.42. The van der Waals surface area contributed by atoms with Crippen molar-refractivity contribution in [3.8, 4) is 0 Å². The average molecular weight is 431 g/mol. The zero-order chi connectivity index (χ0) is 20.9. The van der Waals surface area contributed by atoms with Crippen LogP contribution < -0.4 is 5.73 Å². The van der Waals surface area contributed by atoms with E-state index in [1.54, 1.807) is 13.0 Å². The number of nitrogens with zero attached hydrogens (tertiary/aromatic N) is 1. The lowest BCUT2D eigenvalue weighted by atomic mass is 9.91.